The summed E-state index contributed by atoms with van der Waals surface area (Å²) < 4.78 is 3.59. The molecule has 0 bridgehead atoms. The van der Waals surface area contributed by atoms with Gasteiger partial charge in [-0.1, -0.05) is 18.2 Å². The lowest BCUT2D eigenvalue weighted by atomic mass is 10.0. The number of nitrogens with zero attached hydrogens (tertiary/aromatic N) is 6. The lowest BCUT2D eigenvalue weighted by Gasteiger charge is -2.35. The molecular weight excluding hydrogens is 316 g/mol. The summed E-state index contributed by atoms with van der Waals surface area (Å²) in [6, 6.07) is 11.7. The molecular formula is C18H20N6O. The first-order valence-corrected chi connectivity index (χ1v) is 8.50. The van der Waals surface area contributed by atoms with Crippen LogP contribution < -0.4 is 0 Å². The molecule has 1 saturated heterocycles. The summed E-state index contributed by atoms with van der Waals surface area (Å²) in [5.41, 5.74) is 1.60. The van der Waals surface area contributed by atoms with Gasteiger partial charge in [0, 0.05) is 25.5 Å². The largest absolute Gasteiger partial charge is 0.327 e. The Kier molecular flexibility index (Phi) is 4.05. The van der Waals surface area contributed by atoms with Crippen LogP contribution in [-0.2, 0) is 7.05 Å². The fraction of sp³-hybridized carbons (Fsp3) is 0.333. The van der Waals surface area contributed by atoms with Crippen LogP contribution in [0.1, 0.15) is 41.6 Å². The Morgan fingerprint density at radius 3 is 2.76 bits per heavy atom. The maximum Gasteiger partial charge on any atom is 0.272 e. The Bertz CT molecular complexity index is 869. The van der Waals surface area contributed by atoms with Crippen LogP contribution in [0.4, 0.5) is 0 Å². The summed E-state index contributed by atoms with van der Waals surface area (Å²) in [5, 5.41) is 12.6. The number of hydrogen-bond donors (Lipinski definition) is 0. The number of carbonyl (C=O) groups is 1. The molecule has 1 amide bonds. The van der Waals surface area contributed by atoms with Gasteiger partial charge in [0.25, 0.3) is 5.91 Å². The van der Waals surface area contributed by atoms with Crippen LogP contribution in [0.2, 0.25) is 0 Å². The lowest BCUT2D eigenvalue weighted by Crippen LogP contribution is -2.40. The first kappa shape index (κ1) is 15.6. The number of amides is 1. The van der Waals surface area contributed by atoms with Crippen molar-refractivity contribution in [3.05, 3.63) is 60.4 Å². The average molecular weight is 336 g/mol. The van der Waals surface area contributed by atoms with Gasteiger partial charge < -0.3 is 4.90 Å². The number of piperidine rings is 1. The van der Waals surface area contributed by atoms with E-state index in [0.717, 1.165) is 37.3 Å². The van der Waals surface area contributed by atoms with Gasteiger partial charge in [-0.3, -0.25) is 14.0 Å². The minimum Gasteiger partial charge on any atom is -0.327 e. The Balaban J connectivity index is 1.70. The summed E-state index contributed by atoms with van der Waals surface area (Å²) in [5.74, 6) is 0.800. The molecule has 7 nitrogen and oxygen atoms in total. The summed E-state index contributed by atoms with van der Waals surface area (Å²) in [6.07, 6.45) is 6.32. The molecule has 1 unspecified atom stereocenters. The van der Waals surface area contributed by atoms with Gasteiger partial charge in [-0.25, -0.2) is 0 Å². The van der Waals surface area contributed by atoms with E-state index in [4.69, 9.17) is 0 Å². The fourth-order valence-electron chi connectivity index (χ4n) is 3.43. The molecule has 4 rings (SSSR count). The van der Waals surface area contributed by atoms with Gasteiger partial charge in [0.15, 0.2) is 5.82 Å². The van der Waals surface area contributed by atoms with E-state index in [-0.39, 0.29) is 11.9 Å². The molecule has 0 N–H and O–H groups in total. The molecule has 1 aliphatic heterocycles. The molecule has 128 valence electrons. The Morgan fingerprint density at radius 1 is 1.16 bits per heavy atom. The third-order valence-electron chi connectivity index (χ3n) is 4.71. The van der Waals surface area contributed by atoms with Crippen LogP contribution in [0.15, 0.2) is 48.9 Å². The van der Waals surface area contributed by atoms with E-state index in [0.29, 0.717) is 5.69 Å². The maximum atomic E-state index is 13.0. The number of rotatable bonds is 3. The average Bonchev–Trinajstić information content (AvgIpc) is 3.31. The second-order valence-corrected chi connectivity index (χ2v) is 6.24. The van der Waals surface area contributed by atoms with E-state index >= 15 is 0 Å². The van der Waals surface area contributed by atoms with Crippen LogP contribution >= 0.6 is 0 Å². The zero-order valence-corrected chi connectivity index (χ0v) is 14.1. The Hall–Kier alpha value is -2.96. The summed E-state index contributed by atoms with van der Waals surface area (Å²) in [6.45, 7) is 0.719. The van der Waals surface area contributed by atoms with Gasteiger partial charge in [0.2, 0.25) is 0 Å². The predicted molar refractivity (Wildman–Crippen MR) is 92.2 cm³/mol. The zero-order valence-electron chi connectivity index (χ0n) is 14.1. The zero-order chi connectivity index (χ0) is 17.2. The molecule has 1 aromatic carbocycles. The molecule has 1 atom stereocenters. The van der Waals surface area contributed by atoms with E-state index in [1.165, 1.54) is 0 Å². The van der Waals surface area contributed by atoms with Crippen molar-refractivity contribution in [3.8, 4) is 5.69 Å². The van der Waals surface area contributed by atoms with E-state index in [9.17, 15) is 4.79 Å². The molecule has 0 aliphatic carbocycles. The highest BCUT2D eigenvalue weighted by atomic mass is 16.2. The number of benzene rings is 1. The van der Waals surface area contributed by atoms with E-state index < -0.39 is 0 Å². The van der Waals surface area contributed by atoms with Crippen molar-refractivity contribution in [1.29, 1.82) is 0 Å². The molecule has 1 fully saturated rings. The highest BCUT2D eigenvalue weighted by Crippen LogP contribution is 2.32. The van der Waals surface area contributed by atoms with Gasteiger partial charge in [0.1, 0.15) is 12.0 Å². The third-order valence-corrected chi connectivity index (χ3v) is 4.71. The van der Waals surface area contributed by atoms with Crippen molar-refractivity contribution in [3.63, 3.8) is 0 Å². The van der Waals surface area contributed by atoms with E-state index in [2.05, 4.69) is 15.3 Å². The van der Waals surface area contributed by atoms with Crippen molar-refractivity contribution in [2.24, 2.45) is 7.05 Å². The van der Waals surface area contributed by atoms with E-state index in [1.807, 2.05) is 39.8 Å². The molecule has 0 spiro atoms. The minimum absolute atomic E-state index is 0.00712. The standard InChI is InChI=1S/C18H20N6O/c1-22-16(10-11-20-22)18(25)23-12-6-5-9-15(23)17-21-19-13-24(17)14-7-3-2-4-8-14/h2-4,7-8,10-11,13,15H,5-6,9,12H2,1H3. The second kappa shape index (κ2) is 6.51. The normalized spacial score (nSPS) is 17.6. The van der Waals surface area contributed by atoms with Crippen molar-refractivity contribution >= 4 is 5.91 Å². The number of likely N-dealkylation sites (tertiary alicyclic amines) is 1. The Morgan fingerprint density at radius 2 is 2.00 bits per heavy atom. The number of carbonyl (C=O) groups excluding carboxylic acids is 1. The first-order chi connectivity index (χ1) is 12.3. The van der Waals surface area contributed by atoms with Crippen LogP contribution in [0.25, 0.3) is 5.69 Å². The van der Waals surface area contributed by atoms with Gasteiger partial charge in [-0.2, -0.15) is 5.10 Å². The number of hydrogen-bond acceptors (Lipinski definition) is 4. The smallest absolute Gasteiger partial charge is 0.272 e. The van der Waals surface area contributed by atoms with Gasteiger partial charge >= 0.3 is 0 Å². The highest BCUT2D eigenvalue weighted by molar-refractivity contribution is 5.92. The predicted octanol–water partition coefficient (Wildman–Crippen LogP) is 2.37. The van der Waals surface area contributed by atoms with Crippen molar-refractivity contribution < 1.29 is 4.79 Å². The molecule has 7 heteroatoms. The lowest BCUT2D eigenvalue weighted by molar-refractivity contribution is 0.0586. The van der Waals surface area contributed by atoms with Gasteiger partial charge in [0.05, 0.1) is 6.04 Å². The molecule has 2 aromatic heterocycles. The van der Waals surface area contributed by atoms with Crippen molar-refractivity contribution in [2.45, 2.75) is 25.3 Å². The summed E-state index contributed by atoms with van der Waals surface area (Å²) in [4.78, 5) is 14.9. The number of para-hydroxylation sites is 1. The highest BCUT2D eigenvalue weighted by Gasteiger charge is 2.33. The third kappa shape index (κ3) is 2.82. The molecule has 3 aromatic rings. The van der Waals surface area contributed by atoms with E-state index in [1.54, 1.807) is 30.3 Å². The van der Waals surface area contributed by atoms with Gasteiger partial charge in [-0.15, -0.1) is 10.2 Å². The number of aryl methyl sites for hydroxylation is 1. The van der Waals surface area contributed by atoms with Crippen molar-refractivity contribution in [1.82, 2.24) is 29.4 Å². The van der Waals surface area contributed by atoms with Crippen LogP contribution in [0.3, 0.4) is 0 Å². The molecule has 0 radical (unpaired) electrons. The number of aromatic nitrogens is 5. The molecule has 25 heavy (non-hydrogen) atoms. The second-order valence-electron chi connectivity index (χ2n) is 6.24. The monoisotopic (exact) mass is 336 g/mol. The molecule has 3 heterocycles. The topological polar surface area (TPSA) is 68.8 Å². The fourth-order valence-corrected chi connectivity index (χ4v) is 3.43. The Labute approximate surface area is 145 Å². The van der Waals surface area contributed by atoms with Gasteiger partial charge in [-0.05, 0) is 37.5 Å². The van der Waals surface area contributed by atoms with Crippen LogP contribution in [-0.4, -0.2) is 41.9 Å². The van der Waals surface area contributed by atoms with Crippen LogP contribution in [0, 0.1) is 0 Å². The molecule has 0 saturated carbocycles. The first-order valence-electron chi connectivity index (χ1n) is 8.50. The van der Waals surface area contributed by atoms with Crippen LogP contribution in [0.5, 0.6) is 0 Å². The quantitative estimate of drug-likeness (QED) is 0.736. The minimum atomic E-state index is -0.0844. The molecule has 1 aliphatic rings. The SMILES string of the molecule is Cn1nccc1C(=O)N1CCCCC1c1nncn1-c1ccccc1. The summed E-state index contributed by atoms with van der Waals surface area (Å²) in [7, 11) is 1.79. The maximum absolute atomic E-state index is 13.0. The summed E-state index contributed by atoms with van der Waals surface area (Å²) >= 11 is 0. The van der Waals surface area contributed by atoms with Crippen molar-refractivity contribution in [2.75, 3.05) is 6.54 Å².